The van der Waals surface area contributed by atoms with Crippen molar-refractivity contribution in [3.63, 3.8) is 0 Å². The predicted octanol–water partition coefficient (Wildman–Crippen LogP) is 6.03. The molecule has 3 aromatic carbocycles. The molecule has 30 heavy (non-hydrogen) atoms. The monoisotopic (exact) mass is 425 g/mol. The second-order valence-electron chi connectivity index (χ2n) is 6.77. The first-order valence-electron chi connectivity index (χ1n) is 9.53. The number of rotatable bonds is 8. The molecule has 3 aromatic rings. The van der Waals surface area contributed by atoms with Gasteiger partial charge in [-0.25, -0.2) is 0 Å². The average molecular weight is 426 g/mol. The first-order valence-corrected chi connectivity index (χ1v) is 9.91. The van der Waals surface area contributed by atoms with Crippen LogP contribution in [-0.4, -0.2) is 20.1 Å². The van der Waals surface area contributed by atoms with Crippen LogP contribution in [-0.2, 0) is 11.2 Å². The largest absolute Gasteiger partial charge is 0.497 e. The summed E-state index contributed by atoms with van der Waals surface area (Å²) in [7, 11) is 3.24. The minimum absolute atomic E-state index is 0.124. The van der Waals surface area contributed by atoms with E-state index >= 15 is 0 Å². The quantitative estimate of drug-likeness (QED) is 0.478. The molecule has 0 spiro atoms. The van der Waals surface area contributed by atoms with Crippen molar-refractivity contribution in [2.45, 2.75) is 19.8 Å². The summed E-state index contributed by atoms with van der Waals surface area (Å²) in [4.78, 5) is 12.6. The highest BCUT2D eigenvalue weighted by Gasteiger charge is 2.11. The SMILES string of the molecule is COc1cccc(Oc2ccc(Cl)cc2NC(=O)CCc2ccc(OC)c(C)c2)c1. The maximum Gasteiger partial charge on any atom is 0.224 e. The van der Waals surface area contributed by atoms with E-state index in [1.165, 1.54) is 0 Å². The van der Waals surface area contributed by atoms with Gasteiger partial charge in [-0.05, 0) is 60.9 Å². The molecule has 0 aliphatic rings. The van der Waals surface area contributed by atoms with E-state index < -0.39 is 0 Å². The fourth-order valence-corrected chi connectivity index (χ4v) is 3.22. The van der Waals surface area contributed by atoms with Crippen molar-refractivity contribution in [1.82, 2.24) is 0 Å². The van der Waals surface area contributed by atoms with Gasteiger partial charge in [0, 0.05) is 17.5 Å². The average Bonchev–Trinajstić information content (AvgIpc) is 2.74. The van der Waals surface area contributed by atoms with Gasteiger partial charge in [0.1, 0.15) is 17.2 Å². The van der Waals surface area contributed by atoms with Gasteiger partial charge in [0.05, 0.1) is 19.9 Å². The molecule has 6 heteroatoms. The van der Waals surface area contributed by atoms with Gasteiger partial charge in [-0.1, -0.05) is 29.8 Å². The molecule has 0 unspecified atom stereocenters. The van der Waals surface area contributed by atoms with Gasteiger partial charge < -0.3 is 19.5 Å². The van der Waals surface area contributed by atoms with Crippen molar-refractivity contribution in [3.8, 4) is 23.0 Å². The first-order chi connectivity index (χ1) is 14.5. The minimum Gasteiger partial charge on any atom is -0.497 e. The lowest BCUT2D eigenvalue weighted by Crippen LogP contribution is -2.13. The lowest BCUT2D eigenvalue weighted by atomic mass is 10.1. The van der Waals surface area contributed by atoms with E-state index in [1.54, 1.807) is 38.5 Å². The van der Waals surface area contributed by atoms with Crippen molar-refractivity contribution in [2.75, 3.05) is 19.5 Å². The number of aryl methyl sites for hydroxylation is 2. The summed E-state index contributed by atoms with van der Waals surface area (Å²) in [6.45, 7) is 1.98. The van der Waals surface area contributed by atoms with E-state index in [2.05, 4.69) is 5.32 Å². The topological polar surface area (TPSA) is 56.8 Å². The van der Waals surface area contributed by atoms with Crippen LogP contribution in [0.5, 0.6) is 23.0 Å². The van der Waals surface area contributed by atoms with Crippen molar-refractivity contribution in [3.05, 3.63) is 76.8 Å². The highest BCUT2D eigenvalue weighted by atomic mass is 35.5. The number of halogens is 1. The van der Waals surface area contributed by atoms with Gasteiger partial charge in [0.2, 0.25) is 5.91 Å². The number of hydrogen-bond donors (Lipinski definition) is 1. The van der Waals surface area contributed by atoms with Gasteiger partial charge in [-0.15, -0.1) is 0 Å². The van der Waals surface area contributed by atoms with Crippen LogP contribution in [0.25, 0.3) is 0 Å². The Bertz CT molecular complexity index is 1040. The Morgan fingerprint density at radius 2 is 1.70 bits per heavy atom. The molecule has 156 valence electrons. The number of nitrogens with one attached hydrogen (secondary N) is 1. The Kier molecular flexibility index (Phi) is 7.20. The lowest BCUT2D eigenvalue weighted by Gasteiger charge is -2.13. The van der Waals surface area contributed by atoms with E-state index in [-0.39, 0.29) is 5.91 Å². The van der Waals surface area contributed by atoms with E-state index in [9.17, 15) is 4.79 Å². The number of carbonyl (C=O) groups is 1. The molecule has 0 saturated carbocycles. The second kappa shape index (κ2) is 10.0. The zero-order chi connectivity index (χ0) is 21.5. The molecule has 0 heterocycles. The maximum atomic E-state index is 12.6. The Balaban J connectivity index is 1.68. The Labute approximate surface area is 181 Å². The van der Waals surface area contributed by atoms with Crippen LogP contribution in [0.1, 0.15) is 17.5 Å². The van der Waals surface area contributed by atoms with Gasteiger partial charge >= 0.3 is 0 Å². The molecule has 0 aliphatic carbocycles. The number of anilines is 1. The lowest BCUT2D eigenvalue weighted by molar-refractivity contribution is -0.116. The van der Waals surface area contributed by atoms with Crippen LogP contribution in [0, 0.1) is 6.92 Å². The summed E-state index contributed by atoms with van der Waals surface area (Å²) < 4.78 is 16.4. The number of benzene rings is 3. The molecule has 0 saturated heterocycles. The maximum absolute atomic E-state index is 12.6. The standard InChI is InChI=1S/C24H24ClNO4/c1-16-13-17(7-10-22(16)29-3)8-12-24(27)26-21-14-18(25)9-11-23(21)30-20-6-4-5-19(15-20)28-2/h4-7,9-11,13-15H,8,12H2,1-3H3,(H,26,27). The Morgan fingerprint density at radius 1 is 0.933 bits per heavy atom. The summed E-state index contributed by atoms with van der Waals surface area (Å²) in [5.74, 6) is 2.49. The van der Waals surface area contributed by atoms with Gasteiger partial charge in [0.15, 0.2) is 5.75 Å². The third-order valence-corrected chi connectivity index (χ3v) is 4.82. The molecule has 1 N–H and O–H groups in total. The van der Waals surface area contributed by atoms with Gasteiger partial charge in [-0.3, -0.25) is 4.79 Å². The predicted molar refractivity (Wildman–Crippen MR) is 119 cm³/mol. The molecule has 3 rings (SSSR count). The fourth-order valence-electron chi connectivity index (χ4n) is 3.05. The van der Waals surface area contributed by atoms with E-state index in [0.29, 0.717) is 40.8 Å². The van der Waals surface area contributed by atoms with Crippen LogP contribution in [0.3, 0.4) is 0 Å². The third kappa shape index (κ3) is 5.67. The highest BCUT2D eigenvalue weighted by Crippen LogP contribution is 2.33. The van der Waals surface area contributed by atoms with Crippen LogP contribution in [0.4, 0.5) is 5.69 Å². The molecular weight excluding hydrogens is 402 g/mol. The van der Waals surface area contributed by atoms with E-state index in [1.807, 2.05) is 43.3 Å². The molecule has 0 aromatic heterocycles. The summed E-state index contributed by atoms with van der Waals surface area (Å²) in [5, 5.41) is 3.41. The molecule has 0 atom stereocenters. The molecule has 0 fully saturated rings. The third-order valence-electron chi connectivity index (χ3n) is 4.58. The normalized spacial score (nSPS) is 10.4. The van der Waals surface area contributed by atoms with Crippen LogP contribution in [0.2, 0.25) is 5.02 Å². The summed E-state index contributed by atoms with van der Waals surface area (Å²) in [6.07, 6.45) is 0.945. The molecule has 1 amide bonds. The molecule has 0 bridgehead atoms. The van der Waals surface area contributed by atoms with Crippen LogP contribution in [0.15, 0.2) is 60.7 Å². The summed E-state index contributed by atoms with van der Waals surface area (Å²) in [6, 6.07) is 18.3. The molecular formula is C24H24ClNO4. The zero-order valence-electron chi connectivity index (χ0n) is 17.2. The second-order valence-corrected chi connectivity index (χ2v) is 7.21. The van der Waals surface area contributed by atoms with Crippen molar-refractivity contribution < 1.29 is 19.0 Å². The number of hydrogen-bond acceptors (Lipinski definition) is 4. The van der Waals surface area contributed by atoms with Crippen molar-refractivity contribution in [2.24, 2.45) is 0 Å². The Hall–Kier alpha value is -3.18. The van der Waals surface area contributed by atoms with E-state index in [0.717, 1.165) is 16.9 Å². The minimum atomic E-state index is -0.124. The van der Waals surface area contributed by atoms with Crippen molar-refractivity contribution in [1.29, 1.82) is 0 Å². The molecule has 5 nitrogen and oxygen atoms in total. The van der Waals surface area contributed by atoms with E-state index in [4.69, 9.17) is 25.8 Å². The highest BCUT2D eigenvalue weighted by molar-refractivity contribution is 6.31. The van der Waals surface area contributed by atoms with Gasteiger partial charge in [-0.2, -0.15) is 0 Å². The number of methoxy groups -OCH3 is 2. The zero-order valence-corrected chi connectivity index (χ0v) is 18.0. The number of carbonyl (C=O) groups excluding carboxylic acids is 1. The van der Waals surface area contributed by atoms with Crippen LogP contribution < -0.4 is 19.5 Å². The fraction of sp³-hybridized carbons (Fsp3) is 0.208. The first kappa shape index (κ1) is 21.5. The summed E-state index contributed by atoms with van der Waals surface area (Å²) >= 11 is 6.13. The Morgan fingerprint density at radius 3 is 2.43 bits per heavy atom. The molecule has 0 radical (unpaired) electrons. The summed E-state index contributed by atoms with van der Waals surface area (Å²) in [5.41, 5.74) is 2.63. The number of ether oxygens (including phenoxy) is 3. The van der Waals surface area contributed by atoms with Crippen LogP contribution >= 0.6 is 11.6 Å². The molecule has 0 aliphatic heterocycles. The number of amides is 1. The van der Waals surface area contributed by atoms with Gasteiger partial charge in [0.25, 0.3) is 0 Å². The van der Waals surface area contributed by atoms with Crippen molar-refractivity contribution >= 4 is 23.2 Å². The smallest absolute Gasteiger partial charge is 0.224 e.